The van der Waals surface area contributed by atoms with E-state index in [0.717, 1.165) is 6.42 Å². The van der Waals surface area contributed by atoms with Gasteiger partial charge in [0.15, 0.2) is 0 Å². The SMILES string of the molecule is CCCN(C(=O)CCC(C)N)C1COCC1C(=O)O. The van der Waals surface area contributed by atoms with E-state index in [1.807, 2.05) is 13.8 Å². The second-order valence-electron chi connectivity index (χ2n) is 5.15. The van der Waals surface area contributed by atoms with E-state index in [9.17, 15) is 9.59 Å². The number of amides is 1. The molecule has 110 valence electrons. The van der Waals surface area contributed by atoms with Crippen molar-refractivity contribution in [1.29, 1.82) is 0 Å². The van der Waals surface area contributed by atoms with Gasteiger partial charge in [-0.1, -0.05) is 6.92 Å². The van der Waals surface area contributed by atoms with Gasteiger partial charge in [-0.25, -0.2) is 0 Å². The Hall–Kier alpha value is -1.14. The molecular formula is C13H24N2O4. The molecule has 3 N–H and O–H groups in total. The molecule has 0 aromatic rings. The Morgan fingerprint density at radius 2 is 2.16 bits per heavy atom. The molecule has 0 spiro atoms. The molecule has 1 saturated heterocycles. The Balaban J connectivity index is 2.70. The summed E-state index contributed by atoms with van der Waals surface area (Å²) in [5.41, 5.74) is 5.65. The third-order valence-corrected chi connectivity index (χ3v) is 3.37. The molecule has 0 bridgehead atoms. The Bertz CT molecular complexity index is 320. The number of carboxylic acid groups (broad SMARTS) is 1. The van der Waals surface area contributed by atoms with Crippen LogP contribution in [0.15, 0.2) is 0 Å². The van der Waals surface area contributed by atoms with E-state index in [-0.39, 0.29) is 24.6 Å². The molecule has 1 rings (SSSR count). The lowest BCUT2D eigenvalue weighted by Gasteiger charge is -2.30. The normalized spacial score (nSPS) is 24.2. The molecule has 0 aromatic carbocycles. The number of nitrogens with zero attached hydrogens (tertiary/aromatic N) is 1. The van der Waals surface area contributed by atoms with E-state index in [4.69, 9.17) is 15.6 Å². The number of hydrogen-bond acceptors (Lipinski definition) is 4. The summed E-state index contributed by atoms with van der Waals surface area (Å²) in [5, 5.41) is 9.16. The fourth-order valence-electron chi connectivity index (χ4n) is 2.30. The van der Waals surface area contributed by atoms with Crippen LogP contribution in [0.25, 0.3) is 0 Å². The molecule has 3 atom stereocenters. The molecule has 6 nitrogen and oxygen atoms in total. The maximum absolute atomic E-state index is 12.2. The molecule has 3 unspecified atom stereocenters. The first-order valence-corrected chi connectivity index (χ1v) is 6.83. The lowest BCUT2D eigenvalue weighted by Crippen LogP contribution is -2.47. The van der Waals surface area contributed by atoms with Crippen molar-refractivity contribution >= 4 is 11.9 Å². The van der Waals surface area contributed by atoms with Crippen molar-refractivity contribution in [2.45, 2.75) is 45.2 Å². The van der Waals surface area contributed by atoms with Crippen LogP contribution in [0.2, 0.25) is 0 Å². The van der Waals surface area contributed by atoms with Crippen molar-refractivity contribution in [2.75, 3.05) is 19.8 Å². The van der Waals surface area contributed by atoms with Gasteiger partial charge < -0.3 is 20.5 Å². The molecular weight excluding hydrogens is 248 g/mol. The van der Waals surface area contributed by atoms with Crippen molar-refractivity contribution < 1.29 is 19.4 Å². The topological polar surface area (TPSA) is 92.9 Å². The Morgan fingerprint density at radius 3 is 2.68 bits per heavy atom. The number of hydrogen-bond donors (Lipinski definition) is 2. The molecule has 0 saturated carbocycles. The summed E-state index contributed by atoms with van der Waals surface area (Å²) in [6, 6.07) is -0.374. The van der Waals surface area contributed by atoms with Gasteiger partial charge in [-0.3, -0.25) is 9.59 Å². The summed E-state index contributed by atoms with van der Waals surface area (Å²) in [7, 11) is 0. The monoisotopic (exact) mass is 272 g/mol. The van der Waals surface area contributed by atoms with Gasteiger partial charge in [0.25, 0.3) is 0 Å². The second-order valence-corrected chi connectivity index (χ2v) is 5.15. The molecule has 6 heteroatoms. The molecule has 1 aliphatic heterocycles. The highest BCUT2D eigenvalue weighted by Crippen LogP contribution is 2.21. The lowest BCUT2D eigenvalue weighted by molar-refractivity contribution is -0.145. The predicted octanol–water partition coefficient (Wildman–Crippen LogP) is 0.452. The maximum atomic E-state index is 12.2. The van der Waals surface area contributed by atoms with Crippen LogP contribution in [-0.4, -0.2) is 53.7 Å². The zero-order valence-corrected chi connectivity index (χ0v) is 11.7. The minimum atomic E-state index is -0.899. The average molecular weight is 272 g/mol. The zero-order valence-electron chi connectivity index (χ0n) is 11.7. The van der Waals surface area contributed by atoms with E-state index in [1.54, 1.807) is 4.90 Å². The van der Waals surface area contributed by atoms with Crippen LogP contribution in [0.5, 0.6) is 0 Å². The zero-order chi connectivity index (χ0) is 14.4. The minimum Gasteiger partial charge on any atom is -0.481 e. The second kappa shape index (κ2) is 7.45. The van der Waals surface area contributed by atoms with Crippen molar-refractivity contribution in [3.63, 3.8) is 0 Å². The first-order chi connectivity index (χ1) is 8.97. The fraction of sp³-hybridized carbons (Fsp3) is 0.846. The van der Waals surface area contributed by atoms with Crippen LogP contribution in [0.4, 0.5) is 0 Å². The van der Waals surface area contributed by atoms with Crippen molar-refractivity contribution in [3.05, 3.63) is 0 Å². The van der Waals surface area contributed by atoms with Crippen molar-refractivity contribution in [2.24, 2.45) is 11.7 Å². The van der Waals surface area contributed by atoms with Gasteiger partial charge in [-0.15, -0.1) is 0 Å². The predicted molar refractivity (Wildman–Crippen MR) is 70.6 cm³/mol. The van der Waals surface area contributed by atoms with E-state index < -0.39 is 11.9 Å². The van der Waals surface area contributed by atoms with Crippen LogP contribution >= 0.6 is 0 Å². The highest BCUT2D eigenvalue weighted by molar-refractivity contribution is 5.78. The number of carbonyl (C=O) groups is 2. The summed E-state index contributed by atoms with van der Waals surface area (Å²) >= 11 is 0. The number of aliphatic carboxylic acids is 1. The first-order valence-electron chi connectivity index (χ1n) is 6.83. The van der Waals surface area contributed by atoms with Gasteiger partial charge in [-0.05, 0) is 19.8 Å². The van der Waals surface area contributed by atoms with Gasteiger partial charge in [0.1, 0.15) is 5.92 Å². The van der Waals surface area contributed by atoms with Crippen molar-refractivity contribution in [3.8, 4) is 0 Å². The molecule has 0 aromatic heterocycles. The Morgan fingerprint density at radius 1 is 1.47 bits per heavy atom. The summed E-state index contributed by atoms with van der Waals surface area (Å²) in [4.78, 5) is 25.0. The van der Waals surface area contributed by atoms with E-state index in [2.05, 4.69) is 0 Å². The Labute approximate surface area is 113 Å². The molecule has 1 heterocycles. The average Bonchev–Trinajstić information content (AvgIpc) is 2.81. The van der Waals surface area contributed by atoms with Gasteiger partial charge >= 0.3 is 5.97 Å². The third kappa shape index (κ3) is 4.47. The van der Waals surface area contributed by atoms with Crippen LogP contribution in [0.3, 0.4) is 0 Å². The number of carbonyl (C=O) groups excluding carboxylic acids is 1. The lowest BCUT2D eigenvalue weighted by atomic mass is 10.0. The summed E-state index contributed by atoms with van der Waals surface area (Å²) < 4.78 is 5.23. The van der Waals surface area contributed by atoms with E-state index in [1.165, 1.54) is 0 Å². The molecule has 0 aliphatic carbocycles. The van der Waals surface area contributed by atoms with Gasteiger partial charge in [0, 0.05) is 19.0 Å². The summed E-state index contributed by atoms with van der Waals surface area (Å²) in [5.74, 6) is -1.55. The maximum Gasteiger partial charge on any atom is 0.311 e. The van der Waals surface area contributed by atoms with Crippen LogP contribution in [0.1, 0.15) is 33.1 Å². The molecule has 19 heavy (non-hydrogen) atoms. The minimum absolute atomic E-state index is 0.0254. The number of rotatable bonds is 7. The highest BCUT2D eigenvalue weighted by atomic mass is 16.5. The fourth-order valence-corrected chi connectivity index (χ4v) is 2.30. The molecule has 0 radical (unpaired) electrons. The molecule has 1 fully saturated rings. The number of ether oxygens (including phenoxy) is 1. The quantitative estimate of drug-likeness (QED) is 0.702. The van der Waals surface area contributed by atoms with Crippen LogP contribution in [0, 0.1) is 5.92 Å². The van der Waals surface area contributed by atoms with Crippen LogP contribution in [-0.2, 0) is 14.3 Å². The van der Waals surface area contributed by atoms with Gasteiger partial charge in [0.05, 0.1) is 19.3 Å². The molecule has 1 amide bonds. The van der Waals surface area contributed by atoms with Gasteiger partial charge in [0.2, 0.25) is 5.91 Å². The first kappa shape index (κ1) is 15.9. The standard InChI is InChI=1S/C13H24N2O4/c1-3-6-15(12(16)5-4-9(2)14)11-8-19-7-10(11)13(17)18/h9-11H,3-8,14H2,1-2H3,(H,17,18). The van der Waals surface area contributed by atoms with E-state index >= 15 is 0 Å². The summed E-state index contributed by atoms with van der Waals surface area (Å²) in [6.07, 6.45) is 1.78. The third-order valence-electron chi connectivity index (χ3n) is 3.37. The smallest absolute Gasteiger partial charge is 0.311 e. The van der Waals surface area contributed by atoms with Crippen molar-refractivity contribution in [1.82, 2.24) is 4.90 Å². The summed E-state index contributed by atoms with van der Waals surface area (Å²) in [6.45, 7) is 4.88. The number of carboxylic acids is 1. The highest BCUT2D eigenvalue weighted by Gasteiger charge is 2.39. The molecule has 1 aliphatic rings. The number of nitrogens with two attached hydrogens (primary N) is 1. The largest absolute Gasteiger partial charge is 0.481 e. The van der Waals surface area contributed by atoms with Crippen LogP contribution < -0.4 is 5.73 Å². The van der Waals surface area contributed by atoms with Gasteiger partial charge in [-0.2, -0.15) is 0 Å². The van der Waals surface area contributed by atoms with E-state index in [0.29, 0.717) is 26.0 Å². The Kier molecular flexibility index (Phi) is 6.24.